The van der Waals surface area contributed by atoms with E-state index in [0.717, 1.165) is 15.4 Å². The standard InChI is InChI=1S/C16H12BrN3O/c17-11-6-2-7-12(14(11)16(18)19)21-13-8-1-4-10-5-3-9-20-15(10)13/h1-9H,(H3,18,19). The van der Waals surface area contributed by atoms with E-state index in [1.54, 1.807) is 12.3 Å². The van der Waals surface area contributed by atoms with E-state index >= 15 is 0 Å². The molecule has 0 bridgehead atoms. The molecule has 0 unspecified atom stereocenters. The van der Waals surface area contributed by atoms with Crippen LogP contribution in [0.25, 0.3) is 10.9 Å². The SMILES string of the molecule is N=C(N)c1c(Br)cccc1Oc1cccc2cccnc12. The van der Waals surface area contributed by atoms with Crippen LogP contribution < -0.4 is 10.5 Å². The van der Waals surface area contributed by atoms with Crippen molar-refractivity contribution in [2.24, 2.45) is 5.73 Å². The molecule has 3 aromatic rings. The Morgan fingerprint density at radius 1 is 1.05 bits per heavy atom. The highest BCUT2D eigenvalue weighted by atomic mass is 79.9. The van der Waals surface area contributed by atoms with Gasteiger partial charge in [-0.05, 0) is 40.2 Å². The second-order valence-electron chi connectivity index (χ2n) is 4.46. The van der Waals surface area contributed by atoms with Crippen molar-refractivity contribution in [2.75, 3.05) is 0 Å². The zero-order valence-corrected chi connectivity index (χ0v) is 12.6. The van der Waals surface area contributed by atoms with Gasteiger partial charge in [-0.15, -0.1) is 0 Å². The smallest absolute Gasteiger partial charge is 0.153 e. The van der Waals surface area contributed by atoms with Crippen molar-refractivity contribution in [3.05, 3.63) is 64.8 Å². The van der Waals surface area contributed by atoms with Gasteiger partial charge in [-0.3, -0.25) is 10.4 Å². The summed E-state index contributed by atoms with van der Waals surface area (Å²) < 4.78 is 6.67. The number of nitrogens with one attached hydrogen (secondary N) is 1. The maximum Gasteiger partial charge on any atom is 0.153 e. The lowest BCUT2D eigenvalue weighted by Gasteiger charge is -2.12. The van der Waals surface area contributed by atoms with Gasteiger partial charge in [0.05, 0.1) is 5.56 Å². The summed E-state index contributed by atoms with van der Waals surface area (Å²) in [4.78, 5) is 4.35. The van der Waals surface area contributed by atoms with Gasteiger partial charge in [-0.1, -0.05) is 24.3 Å². The molecular formula is C16H12BrN3O. The molecule has 0 amide bonds. The largest absolute Gasteiger partial charge is 0.454 e. The summed E-state index contributed by atoms with van der Waals surface area (Å²) >= 11 is 3.39. The van der Waals surface area contributed by atoms with Gasteiger partial charge in [0.2, 0.25) is 0 Å². The molecule has 0 atom stereocenters. The van der Waals surface area contributed by atoms with Crippen LogP contribution in [-0.2, 0) is 0 Å². The van der Waals surface area contributed by atoms with E-state index < -0.39 is 0 Å². The fourth-order valence-corrected chi connectivity index (χ4v) is 2.69. The van der Waals surface area contributed by atoms with Crippen LogP contribution in [-0.4, -0.2) is 10.8 Å². The monoisotopic (exact) mass is 341 g/mol. The van der Waals surface area contributed by atoms with Gasteiger partial charge in [0.15, 0.2) is 5.75 Å². The van der Waals surface area contributed by atoms with Crippen LogP contribution in [0.4, 0.5) is 0 Å². The van der Waals surface area contributed by atoms with Crippen LogP contribution in [0.3, 0.4) is 0 Å². The average Bonchev–Trinajstić information content (AvgIpc) is 2.47. The number of benzene rings is 2. The fraction of sp³-hybridized carbons (Fsp3) is 0. The summed E-state index contributed by atoms with van der Waals surface area (Å²) in [5.74, 6) is 1.11. The zero-order valence-electron chi connectivity index (χ0n) is 11.0. The van der Waals surface area contributed by atoms with Gasteiger partial charge in [0.25, 0.3) is 0 Å². The molecule has 0 fully saturated rings. The summed E-state index contributed by atoms with van der Waals surface area (Å²) in [5.41, 5.74) is 6.94. The van der Waals surface area contributed by atoms with Gasteiger partial charge < -0.3 is 10.5 Å². The predicted molar refractivity (Wildman–Crippen MR) is 87.0 cm³/mol. The molecule has 5 heteroatoms. The number of halogens is 1. The second kappa shape index (κ2) is 5.54. The molecule has 0 spiro atoms. The first kappa shape index (κ1) is 13.6. The lowest BCUT2D eigenvalue weighted by molar-refractivity contribution is 0.485. The van der Waals surface area contributed by atoms with Crippen LogP contribution in [0.5, 0.6) is 11.5 Å². The van der Waals surface area contributed by atoms with Gasteiger partial charge in [-0.2, -0.15) is 0 Å². The summed E-state index contributed by atoms with van der Waals surface area (Å²) in [6.45, 7) is 0. The Labute approximate surface area is 130 Å². The van der Waals surface area contributed by atoms with Crippen LogP contribution >= 0.6 is 15.9 Å². The van der Waals surface area contributed by atoms with Crippen LogP contribution in [0.1, 0.15) is 5.56 Å². The van der Waals surface area contributed by atoms with E-state index in [2.05, 4.69) is 20.9 Å². The van der Waals surface area contributed by atoms with Gasteiger partial charge in [0.1, 0.15) is 17.1 Å². The first-order valence-electron chi connectivity index (χ1n) is 6.31. The van der Waals surface area contributed by atoms with Crippen molar-refractivity contribution in [3.8, 4) is 11.5 Å². The van der Waals surface area contributed by atoms with Crippen LogP contribution in [0.2, 0.25) is 0 Å². The maximum atomic E-state index is 7.70. The fourth-order valence-electron chi connectivity index (χ4n) is 2.13. The topological polar surface area (TPSA) is 72.0 Å². The minimum atomic E-state index is -0.0503. The molecule has 1 aromatic heterocycles. The second-order valence-corrected chi connectivity index (χ2v) is 5.31. The Kier molecular flexibility index (Phi) is 3.58. The molecule has 0 aliphatic rings. The van der Waals surface area contributed by atoms with E-state index in [9.17, 15) is 0 Å². The first-order valence-corrected chi connectivity index (χ1v) is 7.10. The van der Waals surface area contributed by atoms with Crippen molar-refractivity contribution in [3.63, 3.8) is 0 Å². The number of hydrogen-bond acceptors (Lipinski definition) is 3. The number of nitrogens with two attached hydrogens (primary N) is 1. The number of fused-ring (bicyclic) bond motifs is 1. The number of ether oxygens (including phenoxy) is 1. The van der Waals surface area contributed by atoms with E-state index in [1.165, 1.54) is 0 Å². The number of para-hydroxylation sites is 1. The third-order valence-corrected chi connectivity index (χ3v) is 3.72. The molecule has 21 heavy (non-hydrogen) atoms. The van der Waals surface area contributed by atoms with E-state index in [-0.39, 0.29) is 5.84 Å². The number of amidine groups is 1. The third kappa shape index (κ3) is 2.60. The summed E-state index contributed by atoms with van der Waals surface area (Å²) in [7, 11) is 0. The molecule has 1 heterocycles. The van der Waals surface area contributed by atoms with Crippen molar-refractivity contribution in [1.29, 1.82) is 5.41 Å². The minimum absolute atomic E-state index is 0.0503. The number of nitrogens with zero attached hydrogens (tertiary/aromatic N) is 1. The zero-order chi connectivity index (χ0) is 14.8. The van der Waals surface area contributed by atoms with Gasteiger partial charge in [0, 0.05) is 16.1 Å². The number of hydrogen-bond donors (Lipinski definition) is 2. The Balaban J connectivity index is 2.12. The third-order valence-electron chi connectivity index (χ3n) is 3.06. The molecule has 0 saturated heterocycles. The van der Waals surface area contributed by atoms with Crippen molar-refractivity contribution in [1.82, 2.24) is 4.98 Å². The van der Waals surface area contributed by atoms with Crippen molar-refractivity contribution in [2.45, 2.75) is 0 Å². The number of pyridine rings is 1. The lowest BCUT2D eigenvalue weighted by atomic mass is 10.1. The van der Waals surface area contributed by atoms with Crippen LogP contribution in [0, 0.1) is 5.41 Å². The van der Waals surface area contributed by atoms with Crippen LogP contribution in [0.15, 0.2) is 59.2 Å². The minimum Gasteiger partial charge on any atom is -0.454 e. The molecule has 104 valence electrons. The molecule has 0 saturated carbocycles. The predicted octanol–water partition coefficient (Wildman–Crippen LogP) is 4.07. The highest BCUT2D eigenvalue weighted by Gasteiger charge is 2.13. The lowest BCUT2D eigenvalue weighted by Crippen LogP contribution is -2.13. The quantitative estimate of drug-likeness (QED) is 0.557. The highest BCUT2D eigenvalue weighted by molar-refractivity contribution is 9.10. The maximum absolute atomic E-state index is 7.70. The molecule has 3 rings (SSSR count). The highest BCUT2D eigenvalue weighted by Crippen LogP contribution is 2.33. The van der Waals surface area contributed by atoms with Crippen molar-refractivity contribution >= 4 is 32.7 Å². The van der Waals surface area contributed by atoms with E-state index in [1.807, 2.05) is 42.5 Å². The van der Waals surface area contributed by atoms with Crippen molar-refractivity contribution < 1.29 is 4.74 Å². The molecule has 2 aromatic carbocycles. The molecule has 4 nitrogen and oxygen atoms in total. The number of nitrogen functional groups attached to an aromatic ring is 1. The van der Waals surface area contributed by atoms with Gasteiger partial charge in [-0.25, -0.2) is 0 Å². The Morgan fingerprint density at radius 3 is 2.57 bits per heavy atom. The average molecular weight is 342 g/mol. The summed E-state index contributed by atoms with van der Waals surface area (Å²) in [5, 5.41) is 8.69. The summed E-state index contributed by atoms with van der Waals surface area (Å²) in [6, 6.07) is 15.0. The Bertz CT molecular complexity index is 827. The number of aromatic nitrogens is 1. The first-order chi connectivity index (χ1) is 10.2. The molecule has 3 N–H and O–H groups in total. The Hall–Kier alpha value is -2.40. The van der Waals surface area contributed by atoms with E-state index in [0.29, 0.717) is 17.1 Å². The summed E-state index contributed by atoms with van der Waals surface area (Å²) in [6.07, 6.45) is 1.72. The molecule has 0 aliphatic carbocycles. The van der Waals surface area contributed by atoms with Gasteiger partial charge >= 0.3 is 0 Å². The van der Waals surface area contributed by atoms with E-state index in [4.69, 9.17) is 15.9 Å². The number of rotatable bonds is 3. The molecule has 0 radical (unpaired) electrons. The Morgan fingerprint density at radius 2 is 1.76 bits per heavy atom. The normalized spacial score (nSPS) is 10.5. The molecule has 0 aliphatic heterocycles. The molecular weight excluding hydrogens is 330 g/mol.